The van der Waals surface area contributed by atoms with Crippen molar-refractivity contribution in [1.29, 1.82) is 0 Å². The maximum absolute atomic E-state index is 9.95. The molecule has 72 valence electrons. The molecule has 0 fully saturated rings. The monoisotopic (exact) mass is 225 g/mol. The van der Waals surface area contributed by atoms with Crippen LogP contribution in [0, 0.1) is 0 Å². The summed E-state index contributed by atoms with van der Waals surface area (Å²) in [5, 5.41) is 10.5. The van der Waals surface area contributed by atoms with Crippen molar-refractivity contribution in [1.82, 2.24) is 4.37 Å². The van der Waals surface area contributed by atoms with Gasteiger partial charge in [0.05, 0.1) is 4.88 Å². The molecule has 1 aromatic carbocycles. The Morgan fingerprint density at radius 2 is 2.07 bits per heavy atom. The van der Waals surface area contributed by atoms with Gasteiger partial charge >= 0.3 is 0 Å². The molecule has 1 unspecified atom stereocenters. The Bertz CT molecular complexity index is 416. The largest absolute Gasteiger partial charge is 0.383 e. The quantitative estimate of drug-likeness (QED) is 0.853. The zero-order valence-electron chi connectivity index (χ0n) is 7.22. The molecular weight excluding hydrogens is 218 g/mol. The molecule has 0 saturated carbocycles. The van der Waals surface area contributed by atoms with E-state index in [4.69, 9.17) is 11.6 Å². The van der Waals surface area contributed by atoms with E-state index in [0.29, 0.717) is 5.02 Å². The van der Waals surface area contributed by atoms with Crippen LogP contribution in [0.4, 0.5) is 0 Å². The van der Waals surface area contributed by atoms with Crippen LogP contribution in [0.25, 0.3) is 0 Å². The first-order valence-corrected chi connectivity index (χ1v) is 5.27. The highest BCUT2D eigenvalue weighted by Gasteiger charge is 2.14. The van der Waals surface area contributed by atoms with Crippen LogP contribution in [0.5, 0.6) is 0 Å². The van der Waals surface area contributed by atoms with Crippen LogP contribution in [-0.4, -0.2) is 9.48 Å². The van der Waals surface area contributed by atoms with Crippen LogP contribution in [-0.2, 0) is 0 Å². The lowest BCUT2D eigenvalue weighted by atomic mass is 10.1. The summed E-state index contributed by atoms with van der Waals surface area (Å²) < 4.78 is 3.94. The summed E-state index contributed by atoms with van der Waals surface area (Å²) in [4.78, 5) is 0.804. The van der Waals surface area contributed by atoms with Crippen LogP contribution in [0.1, 0.15) is 16.5 Å². The van der Waals surface area contributed by atoms with Crippen molar-refractivity contribution in [2.24, 2.45) is 0 Å². The first kappa shape index (κ1) is 9.65. The minimum absolute atomic E-state index is 0.577. The maximum Gasteiger partial charge on any atom is 0.116 e. The highest BCUT2D eigenvalue weighted by Crippen LogP contribution is 2.29. The SMILES string of the molecule is OC(c1ccns1)c1ccccc1Cl. The molecular formula is C10H8ClNOS. The Morgan fingerprint density at radius 3 is 2.71 bits per heavy atom. The fraction of sp³-hybridized carbons (Fsp3) is 0.100. The standard InChI is InChI=1S/C10H8ClNOS/c11-8-4-2-1-3-7(8)10(13)9-5-6-12-14-9/h1-6,10,13H. The molecule has 4 heteroatoms. The number of aromatic nitrogens is 1. The Balaban J connectivity index is 2.37. The lowest BCUT2D eigenvalue weighted by Crippen LogP contribution is -1.97. The van der Waals surface area contributed by atoms with Crippen LogP contribution < -0.4 is 0 Å². The maximum atomic E-state index is 9.95. The van der Waals surface area contributed by atoms with E-state index in [2.05, 4.69) is 4.37 Å². The first-order valence-electron chi connectivity index (χ1n) is 4.12. The number of aliphatic hydroxyl groups is 1. The van der Waals surface area contributed by atoms with Crippen molar-refractivity contribution in [3.63, 3.8) is 0 Å². The second-order valence-corrected chi connectivity index (χ2v) is 4.11. The molecule has 0 aliphatic heterocycles. The third kappa shape index (κ3) is 1.80. The summed E-state index contributed by atoms with van der Waals surface area (Å²) in [6.45, 7) is 0. The zero-order chi connectivity index (χ0) is 9.97. The molecule has 2 nitrogen and oxygen atoms in total. The smallest absolute Gasteiger partial charge is 0.116 e. The molecule has 0 radical (unpaired) electrons. The summed E-state index contributed by atoms with van der Waals surface area (Å²) in [5.74, 6) is 0. The molecule has 0 amide bonds. The minimum Gasteiger partial charge on any atom is -0.383 e. The van der Waals surface area contributed by atoms with Crippen LogP contribution in [0.3, 0.4) is 0 Å². The van der Waals surface area contributed by atoms with Crippen molar-refractivity contribution < 1.29 is 5.11 Å². The lowest BCUT2D eigenvalue weighted by molar-refractivity contribution is 0.224. The van der Waals surface area contributed by atoms with E-state index < -0.39 is 6.10 Å². The lowest BCUT2D eigenvalue weighted by Gasteiger charge is -2.09. The fourth-order valence-electron chi connectivity index (χ4n) is 1.22. The second-order valence-electron chi connectivity index (χ2n) is 2.84. The Kier molecular flexibility index (Phi) is 2.82. The van der Waals surface area contributed by atoms with Gasteiger partial charge in [0.25, 0.3) is 0 Å². The number of nitrogens with zero attached hydrogens (tertiary/aromatic N) is 1. The van der Waals surface area contributed by atoms with Gasteiger partial charge in [-0.2, -0.15) is 0 Å². The summed E-state index contributed by atoms with van der Waals surface area (Å²) in [6.07, 6.45) is 0.997. The Morgan fingerprint density at radius 1 is 1.29 bits per heavy atom. The van der Waals surface area contributed by atoms with E-state index in [1.165, 1.54) is 11.5 Å². The molecule has 0 aliphatic rings. The van der Waals surface area contributed by atoms with Gasteiger partial charge in [-0.15, -0.1) is 0 Å². The van der Waals surface area contributed by atoms with Crippen molar-refractivity contribution in [3.8, 4) is 0 Å². The number of hydrogen-bond acceptors (Lipinski definition) is 3. The normalized spacial score (nSPS) is 12.7. The predicted molar refractivity (Wildman–Crippen MR) is 57.6 cm³/mol. The van der Waals surface area contributed by atoms with Gasteiger partial charge in [0.2, 0.25) is 0 Å². The van der Waals surface area contributed by atoms with Gasteiger partial charge in [0, 0.05) is 16.8 Å². The number of halogens is 1. The van der Waals surface area contributed by atoms with E-state index in [-0.39, 0.29) is 0 Å². The van der Waals surface area contributed by atoms with Gasteiger partial charge in [0.15, 0.2) is 0 Å². The summed E-state index contributed by atoms with van der Waals surface area (Å²) in [5.41, 5.74) is 0.721. The molecule has 1 atom stereocenters. The number of rotatable bonds is 2. The molecule has 1 heterocycles. The van der Waals surface area contributed by atoms with E-state index in [9.17, 15) is 5.11 Å². The Labute approximate surface area is 91.0 Å². The molecule has 14 heavy (non-hydrogen) atoms. The summed E-state index contributed by atoms with van der Waals surface area (Å²) in [6, 6.07) is 9.06. The Hall–Kier alpha value is -0.900. The minimum atomic E-state index is -0.670. The van der Waals surface area contributed by atoms with Crippen molar-refractivity contribution in [3.05, 3.63) is 52.0 Å². The number of aliphatic hydroxyl groups excluding tert-OH is 1. The first-order chi connectivity index (χ1) is 6.79. The summed E-state index contributed by atoms with van der Waals surface area (Å²) in [7, 11) is 0. The van der Waals surface area contributed by atoms with Crippen molar-refractivity contribution in [2.45, 2.75) is 6.10 Å². The molecule has 2 aromatic rings. The van der Waals surface area contributed by atoms with E-state index in [1.807, 2.05) is 18.2 Å². The highest BCUT2D eigenvalue weighted by atomic mass is 35.5. The molecule has 0 bridgehead atoms. The molecule has 1 aromatic heterocycles. The molecule has 1 N–H and O–H groups in total. The van der Waals surface area contributed by atoms with Gasteiger partial charge in [-0.1, -0.05) is 29.8 Å². The second kappa shape index (κ2) is 4.09. The van der Waals surface area contributed by atoms with Crippen LogP contribution in [0.2, 0.25) is 5.02 Å². The van der Waals surface area contributed by atoms with Crippen LogP contribution >= 0.6 is 23.1 Å². The van der Waals surface area contributed by atoms with E-state index in [0.717, 1.165) is 10.4 Å². The highest BCUT2D eigenvalue weighted by molar-refractivity contribution is 7.05. The molecule has 2 rings (SSSR count). The van der Waals surface area contributed by atoms with E-state index in [1.54, 1.807) is 18.3 Å². The summed E-state index contributed by atoms with van der Waals surface area (Å²) >= 11 is 7.24. The average molecular weight is 226 g/mol. The predicted octanol–water partition coefficient (Wildman–Crippen LogP) is 2.88. The fourth-order valence-corrected chi connectivity index (χ4v) is 2.05. The number of hydrogen-bond donors (Lipinski definition) is 1. The van der Waals surface area contributed by atoms with E-state index >= 15 is 0 Å². The topological polar surface area (TPSA) is 33.1 Å². The van der Waals surface area contributed by atoms with Gasteiger partial charge in [-0.3, -0.25) is 0 Å². The molecule has 0 aliphatic carbocycles. The average Bonchev–Trinajstić information content (AvgIpc) is 2.70. The number of benzene rings is 1. The van der Waals surface area contributed by atoms with Crippen molar-refractivity contribution in [2.75, 3.05) is 0 Å². The zero-order valence-corrected chi connectivity index (χ0v) is 8.79. The third-order valence-corrected chi connectivity index (χ3v) is 3.07. The van der Waals surface area contributed by atoms with Gasteiger partial charge < -0.3 is 5.11 Å². The van der Waals surface area contributed by atoms with Crippen LogP contribution in [0.15, 0.2) is 36.5 Å². The molecule has 0 saturated heterocycles. The molecule has 0 spiro atoms. The van der Waals surface area contributed by atoms with Gasteiger partial charge in [-0.25, -0.2) is 4.37 Å². The van der Waals surface area contributed by atoms with Gasteiger partial charge in [0.1, 0.15) is 6.10 Å². The third-order valence-electron chi connectivity index (χ3n) is 1.93. The van der Waals surface area contributed by atoms with Gasteiger partial charge in [-0.05, 0) is 23.7 Å². The van der Waals surface area contributed by atoms with Crippen molar-refractivity contribution >= 4 is 23.1 Å².